The molecule has 0 aliphatic carbocycles. The molecule has 0 saturated carbocycles. The van der Waals surface area contributed by atoms with Gasteiger partial charge in [0.15, 0.2) is 0 Å². The highest BCUT2D eigenvalue weighted by Gasteiger charge is 2.25. The summed E-state index contributed by atoms with van der Waals surface area (Å²) < 4.78 is 5.78. The average molecular weight is 341 g/mol. The van der Waals surface area contributed by atoms with Crippen molar-refractivity contribution in [3.63, 3.8) is 0 Å². The smallest absolute Gasteiger partial charge is 0.317 e. The summed E-state index contributed by atoms with van der Waals surface area (Å²) in [6.07, 6.45) is -0.120. The monoisotopic (exact) mass is 341 g/mol. The number of aromatic amines is 1. The van der Waals surface area contributed by atoms with Crippen molar-refractivity contribution in [2.45, 2.75) is 26.5 Å². The Morgan fingerprint density at radius 3 is 2.80 bits per heavy atom. The summed E-state index contributed by atoms with van der Waals surface area (Å²) in [6.45, 7) is 5.47. The summed E-state index contributed by atoms with van der Waals surface area (Å²) in [7, 11) is 0. The van der Waals surface area contributed by atoms with Crippen molar-refractivity contribution in [3.05, 3.63) is 69.1 Å². The fourth-order valence-corrected chi connectivity index (χ4v) is 3.08. The molecule has 0 radical (unpaired) electrons. The topological polar surface area (TPSA) is 74.4 Å². The van der Waals surface area contributed by atoms with Gasteiger partial charge in [-0.15, -0.1) is 0 Å². The number of carbonyl (C=O) groups excluding carboxylic acids is 1. The Morgan fingerprint density at radius 2 is 2.08 bits per heavy atom. The van der Waals surface area contributed by atoms with E-state index in [0.29, 0.717) is 25.3 Å². The minimum atomic E-state index is -0.177. The third-order valence-electron chi connectivity index (χ3n) is 4.44. The molecule has 2 heterocycles. The Morgan fingerprint density at radius 1 is 1.32 bits per heavy atom. The van der Waals surface area contributed by atoms with Crippen molar-refractivity contribution in [3.8, 4) is 0 Å². The predicted molar refractivity (Wildman–Crippen MR) is 95.5 cm³/mol. The number of nitrogens with one attached hydrogen (secondary N) is 2. The van der Waals surface area contributed by atoms with Crippen LogP contribution in [0.4, 0.5) is 4.79 Å². The van der Waals surface area contributed by atoms with E-state index < -0.39 is 0 Å². The molecule has 1 saturated heterocycles. The molecule has 2 amide bonds. The largest absolute Gasteiger partial charge is 0.370 e. The Hall–Kier alpha value is -2.60. The van der Waals surface area contributed by atoms with E-state index >= 15 is 0 Å². The van der Waals surface area contributed by atoms with Gasteiger partial charge in [0.2, 0.25) is 0 Å². The lowest BCUT2D eigenvalue weighted by Crippen LogP contribution is -2.47. The summed E-state index contributed by atoms with van der Waals surface area (Å²) in [5, 5.41) is 2.85. The zero-order valence-corrected chi connectivity index (χ0v) is 14.5. The van der Waals surface area contributed by atoms with Crippen molar-refractivity contribution < 1.29 is 9.53 Å². The van der Waals surface area contributed by atoms with Crippen molar-refractivity contribution in [2.24, 2.45) is 0 Å². The van der Waals surface area contributed by atoms with Crippen molar-refractivity contribution >= 4 is 6.03 Å². The van der Waals surface area contributed by atoms with Gasteiger partial charge in [-0.05, 0) is 31.0 Å². The van der Waals surface area contributed by atoms with Crippen LogP contribution in [0.15, 0.2) is 41.2 Å². The molecule has 2 aromatic rings. The number of ether oxygens (including phenoxy) is 1. The van der Waals surface area contributed by atoms with Crippen LogP contribution in [-0.2, 0) is 11.3 Å². The van der Waals surface area contributed by atoms with Gasteiger partial charge in [-0.2, -0.15) is 0 Å². The Bertz CT molecular complexity index is 801. The van der Waals surface area contributed by atoms with E-state index in [2.05, 4.69) is 10.3 Å². The second-order valence-corrected chi connectivity index (χ2v) is 6.32. The van der Waals surface area contributed by atoms with Crippen LogP contribution in [0, 0.1) is 13.8 Å². The molecule has 6 nitrogen and oxygen atoms in total. The minimum Gasteiger partial charge on any atom is -0.370 e. The van der Waals surface area contributed by atoms with Gasteiger partial charge in [0.25, 0.3) is 5.56 Å². The highest BCUT2D eigenvalue weighted by atomic mass is 16.5. The van der Waals surface area contributed by atoms with Crippen LogP contribution in [-0.4, -0.2) is 35.6 Å². The number of benzene rings is 1. The van der Waals surface area contributed by atoms with Crippen LogP contribution in [0.1, 0.15) is 28.5 Å². The van der Waals surface area contributed by atoms with E-state index in [1.807, 2.05) is 50.2 Å². The number of pyridine rings is 1. The fourth-order valence-electron chi connectivity index (χ4n) is 3.08. The zero-order valence-electron chi connectivity index (χ0n) is 14.5. The van der Waals surface area contributed by atoms with Crippen LogP contribution >= 0.6 is 0 Å². The fraction of sp³-hybridized carbons (Fsp3) is 0.368. The third kappa shape index (κ3) is 4.09. The summed E-state index contributed by atoms with van der Waals surface area (Å²) in [5.74, 6) is 0. The lowest BCUT2D eigenvalue weighted by Gasteiger charge is -2.33. The third-order valence-corrected chi connectivity index (χ3v) is 4.44. The molecule has 0 unspecified atom stereocenters. The van der Waals surface area contributed by atoms with Gasteiger partial charge in [-0.3, -0.25) is 4.79 Å². The molecule has 1 aromatic carbocycles. The first kappa shape index (κ1) is 17.2. The van der Waals surface area contributed by atoms with Gasteiger partial charge in [-0.25, -0.2) is 4.79 Å². The van der Waals surface area contributed by atoms with E-state index in [0.717, 1.165) is 16.8 Å². The number of carbonyl (C=O) groups is 1. The molecule has 3 rings (SSSR count). The molecule has 1 aliphatic heterocycles. The number of aryl methyl sites for hydroxylation is 2. The molecular formula is C19H23N3O3. The number of hydrogen-bond donors (Lipinski definition) is 2. The highest BCUT2D eigenvalue weighted by molar-refractivity contribution is 5.74. The second kappa shape index (κ2) is 7.53. The lowest BCUT2D eigenvalue weighted by molar-refractivity contribution is -0.0154. The highest BCUT2D eigenvalue weighted by Crippen LogP contribution is 2.21. The minimum absolute atomic E-state index is 0.120. The van der Waals surface area contributed by atoms with E-state index in [-0.39, 0.29) is 24.2 Å². The first-order valence-corrected chi connectivity index (χ1v) is 8.43. The van der Waals surface area contributed by atoms with Gasteiger partial charge >= 0.3 is 6.03 Å². The summed E-state index contributed by atoms with van der Waals surface area (Å²) in [5.41, 5.74) is 3.20. The van der Waals surface area contributed by atoms with Crippen LogP contribution in [0.3, 0.4) is 0 Å². The number of urea groups is 1. The molecule has 1 aliphatic rings. The van der Waals surface area contributed by atoms with Crippen molar-refractivity contribution in [1.29, 1.82) is 0 Å². The number of amides is 2. The summed E-state index contributed by atoms with van der Waals surface area (Å²) >= 11 is 0. The average Bonchev–Trinajstić information content (AvgIpc) is 2.61. The van der Waals surface area contributed by atoms with Crippen LogP contribution < -0.4 is 10.9 Å². The molecule has 0 bridgehead atoms. The van der Waals surface area contributed by atoms with Crippen LogP contribution in [0.25, 0.3) is 0 Å². The molecular weight excluding hydrogens is 318 g/mol. The maximum absolute atomic E-state index is 12.5. The van der Waals surface area contributed by atoms with Crippen molar-refractivity contribution in [2.75, 3.05) is 19.7 Å². The molecule has 25 heavy (non-hydrogen) atoms. The number of nitrogens with zero attached hydrogens (tertiary/aromatic N) is 1. The normalized spacial score (nSPS) is 17.4. The Labute approximate surface area is 146 Å². The number of hydrogen-bond acceptors (Lipinski definition) is 3. The molecule has 1 fully saturated rings. The van der Waals surface area contributed by atoms with E-state index in [4.69, 9.17) is 4.74 Å². The molecule has 6 heteroatoms. The predicted octanol–water partition coefficient (Wildman–Crippen LogP) is 2.27. The Balaban J connectivity index is 1.63. The van der Waals surface area contributed by atoms with E-state index in [9.17, 15) is 9.59 Å². The summed E-state index contributed by atoms with van der Waals surface area (Å²) in [6, 6.07) is 11.6. The van der Waals surface area contributed by atoms with Gasteiger partial charge in [-0.1, -0.05) is 30.3 Å². The van der Waals surface area contributed by atoms with Gasteiger partial charge in [0.05, 0.1) is 19.7 Å². The van der Waals surface area contributed by atoms with Crippen molar-refractivity contribution in [1.82, 2.24) is 15.2 Å². The zero-order chi connectivity index (χ0) is 17.8. The molecule has 132 valence electrons. The maximum atomic E-state index is 12.5. The molecule has 1 aromatic heterocycles. The Kier molecular flexibility index (Phi) is 5.19. The first-order chi connectivity index (χ1) is 12.0. The van der Waals surface area contributed by atoms with Gasteiger partial charge < -0.3 is 19.9 Å². The SMILES string of the molecule is Cc1cc(C)c(CNC(=O)N2CCO[C@@H](c3ccccc3)C2)c(=O)[nH]1. The summed E-state index contributed by atoms with van der Waals surface area (Å²) in [4.78, 5) is 29.0. The molecule has 1 atom stereocenters. The van der Waals surface area contributed by atoms with Crippen LogP contribution in [0.5, 0.6) is 0 Å². The number of aromatic nitrogens is 1. The number of H-pyrrole nitrogens is 1. The van der Waals surface area contributed by atoms with Crippen LogP contribution in [0.2, 0.25) is 0 Å². The molecule has 2 N–H and O–H groups in total. The first-order valence-electron chi connectivity index (χ1n) is 8.43. The number of morpholine rings is 1. The second-order valence-electron chi connectivity index (χ2n) is 6.32. The maximum Gasteiger partial charge on any atom is 0.317 e. The van der Waals surface area contributed by atoms with E-state index in [1.165, 1.54) is 0 Å². The van der Waals surface area contributed by atoms with E-state index in [1.54, 1.807) is 4.90 Å². The molecule has 0 spiro atoms. The standard InChI is InChI=1S/C19H23N3O3/c1-13-10-14(2)21-18(23)16(13)11-20-19(24)22-8-9-25-17(12-22)15-6-4-3-5-7-15/h3-7,10,17H,8-9,11-12H2,1-2H3,(H,20,24)(H,21,23)/t17-/m1/s1. The van der Waals surface area contributed by atoms with Gasteiger partial charge in [0.1, 0.15) is 6.10 Å². The quantitative estimate of drug-likeness (QED) is 0.899. The lowest BCUT2D eigenvalue weighted by atomic mass is 10.1. The van der Waals surface area contributed by atoms with Gasteiger partial charge in [0, 0.05) is 17.8 Å². The number of rotatable bonds is 3.